The minimum atomic E-state index is -0.254. The van der Waals surface area contributed by atoms with Crippen molar-refractivity contribution in [1.82, 2.24) is 5.32 Å². The van der Waals surface area contributed by atoms with Crippen molar-refractivity contribution in [3.8, 4) is 0 Å². The molecule has 3 N–H and O–H groups in total. The highest BCUT2D eigenvalue weighted by Gasteiger charge is 2.50. The molecule has 0 atom stereocenters. The molecule has 3 heteroatoms. The minimum Gasteiger partial charge on any atom is -0.354 e. The maximum atomic E-state index is 11.9. The summed E-state index contributed by atoms with van der Waals surface area (Å²) in [6.07, 6.45) is 1.90. The predicted molar refractivity (Wildman–Crippen MR) is 59.4 cm³/mol. The van der Waals surface area contributed by atoms with Gasteiger partial charge < -0.3 is 11.1 Å². The van der Waals surface area contributed by atoms with E-state index in [-0.39, 0.29) is 11.3 Å². The van der Waals surface area contributed by atoms with Gasteiger partial charge in [0.2, 0.25) is 5.91 Å². The zero-order chi connectivity index (χ0) is 10.7. The zero-order valence-corrected chi connectivity index (χ0v) is 8.70. The average Bonchev–Trinajstić information content (AvgIpc) is 3.08. The van der Waals surface area contributed by atoms with Gasteiger partial charge in [-0.05, 0) is 18.4 Å². The van der Waals surface area contributed by atoms with Crippen molar-refractivity contribution in [2.75, 3.05) is 13.1 Å². The van der Waals surface area contributed by atoms with Crippen LogP contribution < -0.4 is 11.1 Å². The van der Waals surface area contributed by atoms with Crippen molar-refractivity contribution in [1.29, 1.82) is 0 Å². The molecule has 1 aliphatic rings. The van der Waals surface area contributed by atoms with E-state index in [1.54, 1.807) is 0 Å². The number of hydrogen-bond donors (Lipinski definition) is 2. The number of amides is 1. The molecule has 1 saturated carbocycles. The van der Waals surface area contributed by atoms with Gasteiger partial charge in [-0.15, -0.1) is 0 Å². The van der Waals surface area contributed by atoms with Crippen LogP contribution in [0.4, 0.5) is 0 Å². The molecule has 80 valence electrons. The molecule has 1 aliphatic carbocycles. The van der Waals surface area contributed by atoms with Crippen molar-refractivity contribution in [3.05, 3.63) is 35.9 Å². The van der Waals surface area contributed by atoms with Gasteiger partial charge in [-0.25, -0.2) is 0 Å². The number of benzene rings is 1. The normalized spacial score (nSPS) is 17.1. The monoisotopic (exact) mass is 204 g/mol. The molecule has 0 radical (unpaired) electrons. The number of hydrogen-bond acceptors (Lipinski definition) is 2. The van der Waals surface area contributed by atoms with E-state index in [1.165, 1.54) is 0 Å². The Kier molecular flexibility index (Phi) is 2.73. The summed E-state index contributed by atoms with van der Waals surface area (Å²) in [7, 11) is 0. The Labute approximate surface area is 89.7 Å². The first-order valence-electron chi connectivity index (χ1n) is 5.33. The lowest BCUT2D eigenvalue weighted by molar-refractivity contribution is -0.123. The van der Waals surface area contributed by atoms with E-state index in [1.807, 2.05) is 30.3 Å². The van der Waals surface area contributed by atoms with Gasteiger partial charge in [0.1, 0.15) is 0 Å². The van der Waals surface area contributed by atoms with Gasteiger partial charge in [0, 0.05) is 13.1 Å². The molecular weight excluding hydrogens is 188 g/mol. The Hall–Kier alpha value is -1.35. The smallest absolute Gasteiger partial charge is 0.230 e. The first kappa shape index (κ1) is 10.2. The maximum Gasteiger partial charge on any atom is 0.230 e. The molecule has 1 aromatic rings. The quantitative estimate of drug-likeness (QED) is 0.762. The third-order valence-electron chi connectivity index (χ3n) is 2.94. The second-order valence-electron chi connectivity index (χ2n) is 3.99. The molecule has 1 aromatic carbocycles. The van der Waals surface area contributed by atoms with Crippen molar-refractivity contribution < 1.29 is 4.79 Å². The SMILES string of the molecule is NCCNC(=O)C1(c2ccccc2)CC1. The van der Waals surface area contributed by atoms with Gasteiger partial charge in [-0.1, -0.05) is 30.3 Å². The lowest BCUT2D eigenvalue weighted by Gasteiger charge is -2.15. The Morgan fingerprint density at radius 2 is 2.00 bits per heavy atom. The van der Waals surface area contributed by atoms with Crippen molar-refractivity contribution in [2.45, 2.75) is 18.3 Å². The minimum absolute atomic E-state index is 0.124. The number of carbonyl (C=O) groups is 1. The highest BCUT2D eigenvalue weighted by atomic mass is 16.2. The number of rotatable bonds is 4. The van der Waals surface area contributed by atoms with Crippen molar-refractivity contribution >= 4 is 5.91 Å². The molecular formula is C12H16N2O. The number of carbonyl (C=O) groups excluding carboxylic acids is 1. The van der Waals surface area contributed by atoms with Crippen LogP contribution in [0.3, 0.4) is 0 Å². The third kappa shape index (κ3) is 1.88. The third-order valence-corrected chi connectivity index (χ3v) is 2.94. The first-order valence-corrected chi connectivity index (χ1v) is 5.33. The molecule has 0 saturated heterocycles. The van der Waals surface area contributed by atoms with Gasteiger partial charge in [-0.3, -0.25) is 4.79 Å². The van der Waals surface area contributed by atoms with Crippen LogP contribution in [0.5, 0.6) is 0 Å². The van der Waals surface area contributed by atoms with Crippen LogP contribution >= 0.6 is 0 Å². The molecule has 0 bridgehead atoms. The van der Waals surface area contributed by atoms with E-state index in [4.69, 9.17) is 5.73 Å². The van der Waals surface area contributed by atoms with E-state index in [0.29, 0.717) is 13.1 Å². The number of nitrogens with one attached hydrogen (secondary N) is 1. The standard InChI is InChI=1S/C12H16N2O/c13-8-9-14-11(15)12(6-7-12)10-4-2-1-3-5-10/h1-5H,6-9,13H2,(H,14,15). The van der Waals surface area contributed by atoms with E-state index < -0.39 is 0 Å². The molecule has 3 nitrogen and oxygen atoms in total. The van der Waals surface area contributed by atoms with Crippen LogP contribution in [0, 0.1) is 0 Å². The molecule has 0 unspecified atom stereocenters. The fraction of sp³-hybridized carbons (Fsp3) is 0.417. The Bertz CT molecular complexity index is 344. The van der Waals surface area contributed by atoms with Crippen LogP contribution in [-0.2, 0) is 10.2 Å². The molecule has 0 spiro atoms. The summed E-state index contributed by atoms with van der Waals surface area (Å²) >= 11 is 0. The van der Waals surface area contributed by atoms with Crippen LogP contribution in [0.25, 0.3) is 0 Å². The Balaban J connectivity index is 2.11. The second-order valence-corrected chi connectivity index (χ2v) is 3.99. The zero-order valence-electron chi connectivity index (χ0n) is 8.70. The highest BCUT2D eigenvalue weighted by molar-refractivity contribution is 5.91. The fourth-order valence-electron chi connectivity index (χ4n) is 1.88. The average molecular weight is 204 g/mol. The summed E-state index contributed by atoms with van der Waals surface area (Å²) in [6, 6.07) is 9.97. The van der Waals surface area contributed by atoms with Gasteiger partial charge in [0.15, 0.2) is 0 Å². The Morgan fingerprint density at radius 1 is 1.33 bits per heavy atom. The van der Waals surface area contributed by atoms with Gasteiger partial charge in [0.05, 0.1) is 5.41 Å². The van der Waals surface area contributed by atoms with Crippen LogP contribution in [-0.4, -0.2) is 19.0 Å². The maximum absolute atomic E-state index is 11.9. The van der Waals surface area contributed by atoms with Crippen molar-refractivity contribution in [2.24, 2.45) is 5.73 Å². The summed E-state index contributed by atoms with van der Waals surface area (Å²) in [5.74, 6) is 0.124. The molecule has 2 rings (SSSR count). The van der Waals surface area contributed by atoms with E-state index in [9.17, 15) is 4.79 Å². The summed E-state index contributed by atoms with van der Waals surface area (Å²) in [4.78, 5) is 11.9. The molecule has 0 aliphatic heterocycles. The molecule has 1 amide bonds. The summed E-state index contributed by atoms with van der Waals surface area (Å²) < 4.78 is 0. The van der Waals surface area contributed by atoms with Gasteiger partial charge >= 0.3 is 0 Å². The van der Waals surface area contributed by atoms with Crippen LogP contribution in [0.15, 0.2) is 30.3 Å². The lowest BCUT2D eigenvalue weighted by atomic mass is 9.95. The van der Waals surface area contributed by atoms with Crippen LogP contribution in [0.1, 0.15) is 18.4 Å². The van der Waals surface area contributed by atoms with Crippen molar-refractivity contribution in [3.63, 3.8) is 0 Å². The molecule has 15 heavy (non-hydrogen) atoms. The molecule has 0 aromatic heterocycles. The topological polar surface area (TPSA) is 55.1 Å². The van der Waals surface area contributed by atoms with Gasteiger partial charge in [0.25, 0.3) is 0 Å². The molecule has 0 heterocycles. The van der Waals surface area contributed by atoms with E-state index >= 15 is 0 Å². The number of nitrogens with two attached hydrogens (primary N) is 1. The first-order chi connectivity index (χ1) is 7.29. The summed E-state index contributed by atoms with van der Waals surface area (Å²) in [6.45, 7) is 1.06. The summed E-state index contributed by atoms with van der Waals surface area (Å²) in [5, 5.41) is 2.87. The fourth-order valence-corrected chi connectivity index (χ4v) is 1.88. The largest absolute Gasteiger partial charge is 0.354 e. The van der Waals surface area contributed by atoms with Gasteiger partial charge in [-0.2, -0.15) is 0 Å². The van der Waals surface area contributed by atoms with Crippen LogP contribution in [0.2, 0.25) is 0 Å². The molecule has 1 fully saturated rings. The van der Waals surface area contributed by atoms with E-state index in [2.05, 4.69) is 5.32 Å². The lowest BCUT2D eigenvalue weighted by Crippen LogP contribution is -2.37. The highest BCUT2D eigenvalue weighted by Crippen LogP contribution is 2.48. The summed E-state index contributed by atoms with van der Waals surface area (Å²) in [5.41, 5.74) is 6.24. The van der Waals surface area contributed by atoms with E-state index in [0.717, 1.165) is 18.4 Å². The predicted octanol–water partition coefficient (Wildman–Crippen LogP) is 0.793. The second kappa shape index (κ2) is 4.03. The Morgan fingerprint density at radius 3 is 2.53 bits per heavy atom.